The first-order valence-electron chi connectivity index (χ1n) is 6.30. The molecule has 1 aromatic rings. The Morgan fingerprint density at radius 1 is 1.26 bits per heavy atom. The van der Waals surface area contributed by atoms with Gasteiger partial charge in [0.1, 0.15) is 6.61 Å². The number of unbranched alkanes of at least 4 members (excludes halogenated alkanes) is 2. The molecule has 0 amide bonds. The Bertz CT molecular complexity index is 556. The number of sulfonamides is 1. The lowest BCUT2D eigenvalue weighted by Gasteiger charge is -2.08. The fourth-order valence-corrected chi connectivity index (χ4v) is 2.83. The molecule has 0 saturated carbocycles. The molecule has 0 bridgehead atoms. The Kier molecular flexibility index (Phi) is 6.57. The Hall–Kier alpha value is -1.35. The molecule has 5 heteroatoms. The maximum Gasteiger partial charge on any atom is 0.241 e. The predicted molar refractivity (Wildman–Crippen MR) is 75.1 cm³/mol. The van der Waals surface area contributed by atoms with Gasteiger partial charge < -0.3 is 5.11 Å². The summed E-state index contributed by atoms with van der Waals surface area (Å²) in [6, 6.07) is 6.52. The van der Waals surface area contributed by atoms with Crippen molar-refractivity contribution in [1.29, 1.82) is 0 Å². The molecule has 0 aliphatic carbocycles. The number of benzene rings is 1. The van der Waals surface area contributed by atoms with Crippen LogP contribution >= 0.6 is 0 Å². The molecule has 0 spiro atoms. The molecule has 0 aliphatic rings. The van der Waals surface area contributed by atoms with Crippen molar-refractivity contribution in [2.45, 2.75) is 31.1 Å². The quantitative estimate of drug-likeness (QED) is 0.613. The highest BCUT2D eigenvalue weighted by molar-refractivity contribution is 7.89. The smallest absolute Gasteiger partial charge is 0.241 e. The first-order chi connectivity index (χ1) is 9.11. The van der Waals surface area contributed by atoms with Gasteiger partial charge in [-0.25, -0.2) is 13.1 Å². The molecular weight excluding hydrogens is 262 g/mol. The van der Waals surface area contributed by atoms with Gasteiger partial charge in [0.05, 0.1) is 4.90 Å². The molecule has 1 aromatic carbocycles. The first-order valence-corrected chi connectivity index (χ1v) is 7.78. The van der Waals surface area contributed by atoms with Gasteiger partial charge in [0.15, 0.2) is 0 Å². The highest BCUT2D eigenvalue weighted by atomic mass is 32.2. The molecule has 0 aliphatic heterocycles. The Labute approximate surface area is 114 Å². The van der Waals surface area contributed by atoms with E-state index in [0.29, 0.717) is 12.1 Å². The lowest BCUT2D eigenvalue weighted by molar-refractivity contribution is 0.350. The standard InChI is InChI=1S/C14H19NO3S/c1-2-3-6-11-15-19(17,18)14-10-5-4-8-13(14)9-7-12-16/h4-5,8,10,15-16H,2-3,6,11-12H2,1H3. The lowest BCUT2D eigenvalue weighted by Crippen LogP contribution is -2.25. The summed E-state index contributed by atoms with van der Waals surface area (Å²) >= 11 is 0. The molecule has 0 aromatic heterocycles. The third-order valence-corrected chi connectivity index (χ3v) is 4.07. The largest absolute Gasteiger partial charge is 0.384 e. The van der Waals surface area contributed by atoms with E-state index in [9.17, 15) is 8.42 Å². The third-order valence-electron chi connectivity index (χ3n) is 2.55. The summed E-state index contributed by atoms with van der Waals surface area (Å²) < 4.78 is 26.8. The predicted octanol–water partition coefficient (Wildman–Crippen LogP) is 1.50. The van der Waals surface area contributed by atoms with Crippen LogP contribution in [0, 0.1) is 11.8 Å². The van der Waals surface area contributed by atoms with Crippen molar-refractivity contribution in [2.75, 3.05) is 13.2 Å². The minimum Gasteiger partial charge on any atom is -0.384 e. The normalized spacial score (nSPS) is 10.8. The van der Waals surface area contributed by atoms with Crippen LogP contribution in [-0.4, -0.2) is 26.7 Å². The van der Waals surface area contributed by atoms with E-state index in [4.69, 9.17) is 5.11 Å². The van der Waals surface area contributed by atoms with Gasteiger partial charge in [0.2, 0.25) is 10.0 Å². The lowest BCUT2D eigenvalue weighted by atomic mass is 10.2. The Balaban J connectivity index is 2.88. The summed E-state index contributed by atoms with van der Waals surface area (Å²) in [5.74, 6) is 5.12. The molecule has 104 valence electrons. The number of hydrogen-bond donors (Lipinski definition) is 2. The van der Waals surface area contributed by atoms with Gasteiger partial charge in [-0.1, -0.05) is 43.7 Å². The van der Waals surface area contributed by atoms with Crippen LogP contribution in [0.5, 0.6) is 0 Å². The topological polar surface area (TPSA) is 66.4 Å². The molecular formula is C14H19NO3S. The van der Waals surface area contributed by atoms with Crippen molar-refractivity contribution >= 4 is 10.0 Å². The second kappa shape index (κ2) is 7.95. The molecule has 0 heterocycles. The molecule has 0 fully saturated rings. The second-order valence-corrected chi connectivity index (χ2v) is 5.80. The van der Waals surface area contributed by atoms with Gasteiger partial charge in [-0.05, 0) is 18.6 Å². The second-order valence-electron chi connectivity index (χ2n) is 4.06. The molecule has 0 unspecified atom stereocenters. The van der Waals surface area contributed by atoms with Crippen molar-refractivity contribution in [3.8, 4) is 11.8 Å². The van der Waals surface area contributed by atoms with Crippen molar-refractivity contribution in [2.24, 2.45) is 0 Å². The van der Waals surface area contributed by atoms with Crippen molar-refractivity contribution < 1.29 is 13.5 Å². The highest BCUT2D eigenvalue weighted by Gasteiger charge is 2.16. The molecule has 2 N–H and O–H groups in total. The molecule has 0 atom stereocenters. The van der Waals surface area contributed by atoms with E-state index in [1.165, 1.54) is 6.07 Å². The maximum atomic E-state index is 12.1. The molecule has 0 radical (unpaired) electrons. The minimum atomic E-state index is -3.54. The summed E-state index contributed by atoms with van der Waals surface area (Å²) in [7, 11) is -3.54. The van der Waals surface area contributed by atoms with Gasteiger partial charge in [0.25, 0.3) is 0 Å². The van der Waals surface area contributed by atoms with E-state index < -0.39 is 10.0 Å². The average Bonchev–Trinajstić information content (AvgIpc) is 2.41. The number of aliphatic hydroxyl groups excluding tert-OH is 1. The third kappa shape index (κ3) is 5.03. The minimum absolute atomic E-state index is 0.160. The zero-order chi connectivity index (χ0) is 14.1. The Morgan fingerprint density at radius 2 is 2.00 bits per heavy atom. The van der Waals surface area contributed by atoms with E-state index in [1.54, 1.807) is 18.2 Å². The summed E-state index contributed by atoms with van der Waals surface area (Å²) in [6.45, 7) is 2.20. The number of rotatable bonds is 6. The maximum absolute atomic E-state index is 12.1. The van der Waals surface area contributed by atoms with Crippen molar-refractivity contribution in [1.82, 2.24) is 4.72 Å². The van der Waals surface area contributed by atoms with Gasteiger partial charge >= 0.3 is 0 Å². The fraction of sp³-hybridized carbons (Fsp3) is 0.429. The molecule has 1 rings (SSSR count). The SMILES string of the molecule is CCCCCNS(=O)(=O)c1ccccc1C#CCO. The van der Waals surface area contributed by atoms with Gasteiger partial charge in [-0.15, -0.1) is 0 Å². The van der Waals surface area contributed by atoms with E-state index in [1.807, 2.05) is 0 Å². The van der Waals surface area contributed by atoms with Crippen LogP contribution in [0.4, 0.5) is 0 Å². The van der Waals surface area contributed by atoms with E-state index in [-0.39, 0.29) is 11.5 Å². The summed E-state index contributed by atoms with van der Waals surface area (Å²) in [5.41, 5.74) is 0.402. The highest BCUT2D eigenvalue weighted by Crippen LogP contribution is 2.14. The Morgan fingerprint density at radius 3 is 2.68 bits per heavy atom. The molecule has 0 saturated heterocycles. The van der Waals surface area contributed by atoms with Gasteiger partial charge in [-0.2, -0.15) is 0 Å². The molecule has 19 heavy (non-hydrogen) atoms. The number of aliphatic hydroxyl groups is 1. The zero-order valence-corrected chi connectivity index (χ0v) is 11.8. The van der Waals surface area contributed by atoms with Crippen molar-refractivity contribution in [3.05, 3.63) is 29.8 Å². The van der Waals surface area contributed by atoms with Crippen LogP contribution in [0.15, 0.2) is 29.2 Å². The molecule has 4 nitrogen and oxygen atoms in total. The number of nitrogens with one attached hydrogen (secondary N) is 1. The zero-order valence-electron chi connectivity index (χ0n) is 11.0. The van der Waals surface area contributed by atoms with E-state index >= 15 is 0 Å². The van der Waals surface area contributed by atoms with Gasteiger partial charge in [0, 0.05) is 12.1 Å². The first kappa shape index (κ1) is 15.7. The van der Waals surface area contributed by atoms with E-state index in [2.05, 4.69) is 23.5 Å². The van der Waals surface area contributed by atoms with Crippen LogP contribution in [-0.2, 0) is 10.0 Å². The summed E-state index contributed by atoms with van der Waals surface area (Å²) in [6.07, 6.45) is 2.86. The summed E-state index contributed by atoms with van der Waals surface area (Å²) in [4.78, 5) is 0.160. The van der Waals surface area contributed by atoms with Crippen LogP contribution in [0.2, 0.25) is 0 Å². The van der Waals surface area contributed by atoms with E-state index in [0.717, 1.165) is 19.3 Å². The van der Waals surface area contributed by atoms with Crippen LogP contribution in [0.3, 0.4) is 0 Å². The monoisotopic (exact) mass is 281 g/mol. The van der Waals surface area contributed by atoms with Crippen LogP contribution < -0.4 is 4.72 Å². The van der Waals surface area contributed by atoms with Crippen molar-refractivity contribution in [3.63, 3.8) is 0 Å². The fourth-order valence-electron chi connectivity index (χ4n) is 1.60. The van der Waals surface area contributed by atoms with Gasteiger partial charge in [-0.3, -0.25) is 0 Å². The van der Waals surface area contributed by atoms with Crippen LogP contribution in [0.1, 0.15) is 31.7 Å². The van der Waals surface area contributed by atoms with Crippen LogP contribution in [0.25, 0.3) is 0 Å². The number of hydrogen-bond acceptors (Lipinski definition) is 3. The average molecular weight is 281 g/mol. The summed E-state index contributed by atoms with van der Waals surface area (Å²) in [5, 5.41) is 8.68.